The number of aromatic nitrogens is 2. The lowest BCUT2D eigenvalue weighted by Gasteiger charge is -2.41. The van der Waals surface area contributed by atoms with E-state index in [1.54, 1.807) is 0 Å². The van der Waals surface area contributed by atoms with Crippen LogP contribution in [0.2, 0.25) is 0 Å². The van der Waals surface area contributed by atoms with Crippen molar-refractivity contribution in [2.24, 2.45) is 0 Å². The third-order valence-corrected chi connectivity index (χ3v) is 5.00. The largest absolute Gasteiger partial charge is 0.396 e. The van der Waals surface area contributed by atoms with Crippen LogP contribution in [0, 0.1) is 0 Å². The maximum Gasteiger partial charge on any atom is 0.136 e. The van der Waals surface area contributed by atoms with Crippen molar-refractivity contribution in [3.05, 3.63) is 60.1 Å². The normalized spacial score (nSPS) is 18.8. The molecule has 2 aromatic heterocycles. The lowest BCUT2D eigenvalue weighted by molar-refractivity contribution is 0.0627. The van der Waals surface area contributed by atoms with Crippen molar-refractivity contribution in [3.63, 3.8) is 0 Å². The summed E-state index contributed by atoms with van der Waals surface area (Å²) in [6.45, 7) is 9.49. The summed E-state index contributed by atoms with van der Waals surface area (Å²) < 4.78 is 2.16. The van der Waals surface area contributed by atoms with Crippen LogP contribution < -0.4 is 0 Å². The third-order valence-electron chi connectivity index (χ3n) is 5.00. The summed E-state index contributed by atoms with van der Waals surface area (Å²) in [5, 5.41) is 9.48. The second kappa shape index (κ2) is 9.12. The van der Waals surface area contributed by atoms with Crippen LogP contribution in [-0.2, 0) is 6.54 Å². The lowest BCUT2D eigenvalue weighted by Crippen LogP contribution is -2.53. The molecule has 3 rings (SSSR count). The first-order valence-electron chi connectivity index (χ1n) is 9.45. The Kier molecular flexibility index (Phi) is 6.61. The average Bonchev–Trinajstić information content (AvgIpc) is 3.10. The van der Waals surface area contributed by atoms with E-state index in [1.165, 1.54) is 11.3 Å². The summed E-state index contributed by atoms with van der Waals surface area (Å²) in [6, 6.07) is 10.7. The average molecular weight is 354 g/mol. The maximum atomic E-state index is 9.48. The molecule has 0 bridgehead atoms. The highest BCUT2D eigenvalue weighted by Crippen LogP contribution is 2.18. The van der Waals surface area contributed by atoms with Gasteiger partial charge in [-0.3, -0.25) is 9.80 Å². The van der Waals surface area contributed by atoms with Gasteiger partial charge in [0.1, 0.15) is 5.82 Å². The van der Waals surface area contributed by atoms with E-state index in [0.29, 0.717) is 6.04 Å². The van der Waals surface area contributed by atoms with Crippen molar-refractivity contribution >= 4 is 0 Å². The molecular weight excluding hydrogens is 324 g/mol. The Morgan fingerprint density at radius 2 is 2.12 bits per heavy atom. The Balaban J connectivity index is 1.67. The highest BCUT2D eigenvalue weighted by molar-refractivity contribution is 5.27. The van der Waals surface area contributed by atoms with Crippen molar-refractivity contribution < 1.29 is 5.11 Å². The molecule has 0 radical (unpaired) electrons. The van der Waals surface area contributed by atoms with E-state index in [1.807, 2.05) is 24.4 Å². The third kappa shape index (κ3) is 4.81. The quantitative estimate of drug-likeness (QED) is 0.777. The Labute approximate surface area is 156 Å². The predicted octanol–water partition coefficient (Wildman–Crippen LogP) is 2.71. The first-order valence-corrected chi connectivity index (χ1v) is 9.45. The van der Waals surface area contributed by atoms with Crippen LogP contribution >= 0.6 is 0 Å². The maximum absolute atomic E-state index is 9.48. The molecule has 1 atom stereocenters. The van der Waals surface area contributed by atoms with Crippen molar-refractivity contribution in [2.45, 2.75) is 32.9 Å². The van der Waals surface area contributed by atoms with Crippen LogP contribution in [0.15, 0.2) is 54.4 Å². The van der Waals surface area contributed by atoms with Crippen molar-refractivity contribution in [1.29, 1.82) is 0 Å². The van der Waals surface area contributed by atoms with Gasteiger partial charge >= 0.3 is 0 Å². The number of allylic oxidation sites excluding steroid dienone is 1. The molecule has 5 heteroatoms. The van der Waals surface area contributed by atoms with Gasteiger partial charge in [0.2, 0.25) is 0 Å². The highest BCUT2D eigenvalue weighted by Gasteiger charge is 2.26. The van der Waals surface area contributed by atoms with Crippen LogP contribution in [0.25, 0.3) is 5.82 Å². The molecule has 26 heavy (non-hydrogen) atoms. The van der Waals surface area contributed by atoms with Gasteiger partial charge in [-0.15, -0.1) is 0 Å². The number of rotatable bonds is 7. The summed E-state index contributed by atoms with van der Waals surface area (Å²) in [4.78, 5) is 9.46. The summed E-state index contributed by atoms with van der Waals surface area (Å²) >= 11 is 0. The number of piperazine rings is 1. The summed E-state index contributed by atoms with van der Waals surface area (Å²) in [5.74, 6) is 0.960. The van der Waals surface area contributed by atoms with E-state index in [-0.39, 0.29) is 6.61 Å². The molecular formula is C21H30N4O. The molecule has 0 aliphatic carbocycles. The molecule has 140 valence electrons. The molecule has 1 saturated heterocycles. The van der Waals surface area contributed by atoms with Gasteiger partial charge in [-0.1, -0.05) is 17.7 Å². The van der Waals surface area contributed by atoms with Crippen LogP contribution in [0.4, 0.5) is 0 Å². The van der Waals surface area contributed by atoms with E-state index < -0.39 is 0 Å². The zero-order valence-electron chi connectivity index (χ0n) is 15.9. The van der Waals surface area contributed by atoms with Gasteiger partial charge in [0, 0.05) is 63.5 Å². The number of pyridine rings is 1. The Morgan fingerprint density at radius 1 is 1.23 bits per heavy atom. The molecule has 0 spiro atoms. The highest BCUT2D eigenvalue weighted by atomic mass is 16.3. The first kappa shape index (κ1) is 18.8. The summed E-state index contributed by atoms with van der Waals surface area (Å²) in [6.07, 6.45) is 7.02. The van der Waals surface area contributed by atoms with Crippen molar-refractivity contribution in [3.8, 4) is 5.82 Å². The molecule has 1 fully saturated rings. The van der Waals surface area contributed by atoms with Crippen LogP contribution in [-0.4, -0.2) is 63.3 Å². The van der Waals surface area contributed by atoms with Gasteiger partial charge < -0.3 is 9.67 Å². The van der Waals surface area contributed by atoms with Crippen LogP contribution in [0.1, 0.15) is 26.0 Å². The minimum atomic E-state index is 0.244. The Bertz CT molecular complexity index is 706. The summed E-state index contributed by atoms with van der Waals surface area (Å²) in [7, 11) is 0. The number of hydrogen-bond acceptors (Lipinski definition) is 4. The van der Waals surface area contributed by atoms with Gasteiger partial charge in [0.25, 0.3) is 0 Å². The Morgan fingerprint density at radius 3 is 2.85 bits per heavy atom. The van der Waals surface area contributed by atoms with Crippen molar-refractivity contribution in [2.75, 3.05) is 32.8 Å². The molecule has 1 aliphatic rings. The predicted molar refractivity (Wildman–Crippen MR) is 105 cm³/mol. The molecule has 1 N–H and O–H groups in total. The number of aliphatic hydroxyl groups is 1. The zero-order valence-corrected chi connectivity index (χ0v) is 15.9. The van der Waals surface area contributed by atoms with E-state index in [2.05, 4.69) is 57.6 Å². The zero-order chi connectivity index (χ0) is 18.4. The minimum Gasteiger partial charge on any atom is -0.396 e. The lowest BCUT2D eigenvalue weighted by atomic mass is 10.1. The second-order valence-electron chi connectivity index (χ2n) is 7.24. The molecule has 3 heterocycles. The SMILES string of the molecule is CC(C)=CCN1CCN(Cc2cccn2-c2ccccn2)C[C@H]1CCO. The number of nitrogens with zero attached hydrogens (tertiary/aromatic N) is 4. The van der Waals surface area contributed by atoms with Crippen LogP contribution in [0.3, 0.4) is 0 Å². The molecule has 1 aliphatic heterocycles. The van der Waals surface area contributed by atoms with E-state index in [4.69, 9.17) is 0 Å². The summed E-state index contributed by atoms with van der Waals surface area (Å²) in [5.41, 5.74) is 2.60. The van der Waals surface area contributed by atoms with E-state index in [9.17, 15) is 5.11 Å². The van der Waals surface area contributed by atoms with Crippen LogP contribution in [0.5, 0.6) is 0 Å². The number of hydrogen-bond donors (Lipinski definition) is 1. The standard InChI is InChI=1S/C21H30N4O/c1-18(2)8-12-24-14-13-23(16-19(24)9-15-26)17-20-6-5-11-25(20)21-7-3-4-10-22-21/h3-8,10-11,19,26H,9,12-17H2,1-2H3/t19-/m1/s1. The molecule has 0 unspecified atom stereocenters. The van der Waals surface area contributed by atoms with E-state index in [0.717, 1.165) is 45.0 Å². The fourth-order valence-corrected chi connectivity index (χ4v) is 3.56. The van der Waals surface area contributed by atoms with Gasteiger partial charge in [0.15, 0.2) is 0 Å². The minimum absolute atomic E-state index is 0.244. The molecule has 5 nitrogen and oxygen atoms in total. The van der Waals surface area contributed by atoms with Crippen molar-refractivity contribution in [1.82, 2.24) is 19.4 Å². The molecule has 0 aromatic carbocycles. The molecule has 2 aromatic rings. The second-order valence-corrected chi connectivity index (χ2v) is 7.24. The van der Waals surface area contributed by atoms with Gasteiger partial charge in [-0.05, 0) is 44.5 Å². The van der Waals surface area contributed by atoms with Gasteiger partial charge in [-0.25, -0.2) is 4.98 Å². The first-order chi connectivity index (χ1) is 12.7. The molecule has 0 saturated carbocycles. The fraction of sp³-hybridized carbons (Fsp3) is 0.476. The van der Waals surface area contributed by atoms with Gasteiger partial charge in [-0.2, -0.15) is 0 Å². The monoisotopic (exact) mass is 354 g/mol. The number of aliphatic hydroxyl groups excluding tert-OH is 1. The smallest absolute Gasteiger partial charge is 0.136 e. The van der Waals surface area contributed by atoms with E-state index >= 15 is 0 Å². The Hall–Kier alpha value is -1.95. The molecule has 0 amide bonds. The van der Waals surface area contributed by atoms with Gasteiger partial charge in [0.05, 0.1) is 0 Å². The topological polar surface area (TPSA) is 44.5 Å². The fourth-order valence-electron chi connectivity index (χ4n) is 3.56.